The Kier molecular flexibility index (Phi) is 5.99. The van der Waals surface area contributed by atoms with Gasteiger partial charge in [0.15, 0.2) is 5.13 Å². The first-order chi connectivity index (χ1) is 11.6. The Morgan fingerprint density at radius 3 is 2.54 bits per heavy atom. The van der Waals surface area contributed by atoms with Crippen LogP contribution in [0.15, 0.2) is 34.1 Å². The van der Waals surface area contributed by atoms with Crippen molar-refractivity contribution in [3.63, 3.8) is 0 Å². The number of nitrogens with zero attached hydrogens (tertiary/aromatic N) is 3. The molecule has 1 aliphatic heterocycles. The van der Waals surface area contributed by atoms with E-state index >= 15 is 0 Å². The van der Waals surface area contributed by atoms with Gasteiger partial charge in [0.1, 0.15) is 0 Å². The zero-order valence-corrected chi connectivity index (χ0v) is 16.1. The number of anilines is 1. The van der Waals surface area contributed by atoms with Crippen LogP contribution in [-0.4, -0.2) is 60.0 Å². The number of amides is 1. The lowest BCUT2D eigenvalue weighted by Gasteiger charge is -2.33. The number of carbonyl (C=O) groups is 1. The Labute approximate surface area is 154 Å². The zero-order valence-electron chi connectivity index (χ0n) is 13.7. The van der Waals surface area contributed by atoms with Crippen molar-refractivity contribution in [2.75, 3.05) is 44.6 Å². The minimum atomic E-state index is 0.0108. The second-order valence-corrected chi connectivity index (χ2v) is 7.58. The fourth-order valence-electron chi connectivity index (χ4n) is 2.71. The number of piperazine rings is 1. The van der Waals surface area contributed by atoms with Crippen LogP contribution in [0.5, 0.6) is 0 Å². The van der Waals surface area contributed by atoms with Crippen LogP contribution in [0.3, 0.4) is 0 Å². The molecule has 2 aromatic rings. The molecular formula is C17H21BrN4OS. The highest BCUT2D eigenvalue weighted by Crippen LogP contribution is 2.26. The Balaban J connectivity index is 1.53. The molecule has 0 aliphatic carbocycles. The van der Waals surface area contributed by atoms with Gasteiger partial charge in [0.25, 0.3) is 0 Å². The molecule has 0 atom stereocenters. The van der Waals surface area contributed by atoms with E-state index in [0.717, 1.165) is 48.5 Å². The summed E-state index contributed by atoms with van der Waals surface area (Å²) in [6, 6.07) is 8.00. The summed E-state index contributed by atoms with van der Waals surface area (Å²) in [4.78, 5) is 21.3. The molecule has 3 rings (SSSR count). The number of carbonyl (C=O) groups excluding carboxylic acids is 1. The molecule has 0 bridgehead atoms. The van der Waals surface area contributed by atoms with E-state index in [2.05, 4.69) is 43.0 Å². The van der Waals surface area contributed by atoms with Crippen LogP contribution in [0.25, 0.3) is 11.3 Å². The first-order valence-electron chi connectivity index (χ1n) is 8.10. The van der Waals surface area contributed by atoms with Gasteiger partial charge in [-0.3, -0.25) is 9.69 Å². The number of hydrogen-bond acceptors (Lipinski definition) is 5. The molecule has 1 aromatic carbocycles. The van der Waals surface area contributed by atoms with Gasteiger partial charge in [-0.2, -0.15) is 0 Å². The average Bonchev–Trinajstić information content (AvgIpc) is 3.04. The third-order valence-electron chi connectivity index (χ3n) is 4.17. The fraction of sp³-hybridized carbons (Fsp3) is 0.412. The maximum atomic E-state index is 12.2. The van der Waals surface area contributed by atoms with E-state index < -0.39 is 0 Å². The minimum Gasteiger partial charge on any atom is -0.301 e. The third kappa shape index (κ3) is 4.63. The molecule has 1 aromatic heterocycles. The number of benzene rings is 1. The van der Waals surface area contributed by atoms with Crippen LogP contribution >= 0.6 is 27.3 Å². The molecule has 0 saturated carbocycles. The van der Waals surface area contributed by atoms with Gasteiger partial charge >= 0.3 is 0 Å². The highest BCUT2D eigenvalue weighted by molar-refractivity contribution is 9.10. The molecule has 2 heterocycles. The molecule has 0 radical (unpaired) electrons. The van der Waals surface area contributed by atoms with Crippen molar-refractivity contribution < 1.29 is 4.79 Å². The maximum Gasteiger partial charge on any atom is 0.240 e. The Morgan fingerprint density at radius 1 is 1.21 bits per heavy atom. The van der Waals surface area contributed by atoms with E-state index in [1.165, 1.54) is 11.3 Å². The van der Waals surface area contributed by atoms with E-state index in [0.29, 0.717) is 11.7 Å². The topological polar surface area (TPSA) is 48.5 Å². The lowest BCUT2D eigenvalue weighted by molar-refractivity contribution is -0.117. The minimum absolute atomic E-state index is 0.0108. The second kappa shape index (κ2) is 8.20. The highest BCUT2D eigenvalue weighted by atomic mass is 79.9. The summed E-state index contributed by atoms with van der Waals surface area (Å²) in [5, 5.41) is 5.55. The maximum absolute atomic E-state index is 12.2. The summed E-state index contributed by atoms with van der Waals surface area (Å²) >= 11 is 4.89. The standard InChI is InChI=1S/C17H21BrN4OS/c1-2-21-7-9-22(10-8-21)11-16(23)20-17-19-15(12-24-17)13-3-5-14(18)6-4-13/h3-6,12H,2,7-11H2,1H3,(H,19,20,23). The summed E-state index contributed by atoms with van der Waals surface area (Å²) in [6.07, 6.45) is 0. The first-order valence-corrected chi connectivity index (χ1v) is 9.77. The molecule has 24 heavy (non-hydrogen) atoms. The molecule has 1 fully saturated rings. The molecule has 1 aliphatic rings. The highest BCUT2D eigenvalue weighted by Gasteiger charge is 2.18. The van der Waals surface area contributed by atoms with E-state index in [9.17, 15) is 4.79 Å². The van der Waals surface area contributed by atoms with Crippen LogP contribution in [0.2, 0.25) is 0 Å². The van der Waals surface area contributed by atoms with Gasteiger partial charge in [-0.1, -0.05) is 35.0 Å². The van der Waals surface area contributed by atoms with E-state index in [-0.39, 0.29) is 5.91 Å². The Morgan fingerprint density at radius 2 is 1.88 bits per heavy atom. The number of aromatic nitrogens is 1. The van der Waals surface area contributed by atoms with Crippen LogP contribution in [-0.2, 0) is 4.79 Å². The van der Waals surface area contributed by atoms with Crippen LogP contribution in [0.4, 0.5) is 5.13 Å². The third-order valence-corrected chi connectivity index (χ3v) is 5.46. The van der Waals surface area contributed by atoms with Crippen molar-refractivity contribution in [3.8, 4) is 11.3 Å². The number of rotatable bonds is 5. The quantitative estimate of drug-likeness (QED) is 0.825. The van der Waals surface area contributed by atoms with Gasteiger partial charge in [0, 0.05) is 41.6 Å². The van der Waals surface area contributed by atoms with Gasteiger partial charge in [-0.05, 0) is 18.7 Å². The van der Waals surface area contributed by atoms with Gasteiger partial charge in [-0.25, -0.2) is 4.98 Å². The van der Waals surface area contributed by atoms with E-state index in [4.69, 9.17) is 0 Å². The van der Waals surface area contributed by atoms with Gasteiger partial charge in [0.05, 0.1) is 12.2 Å². The molecule has 7 heteroatoms. The summed E-state index contributed by atoms with van der Waals surface area (Å²) in [5.74, 6) is 0.0108. The van der Waals surface area contributed by atoms with Crippen LogP contribution in [0, 0.1) is 0 Å². The van der Waals surface area contributed by atoms with Crippen molar-refractivity contribution in [2.24, 2.45) is 0 Å². The van der Waals surface area contributed by atoms with E-state index in [1.54, 1.807) is 0 Å². The van der Waals surface area contributed by atoms with Gasteiger partial charge in [-0.15, -0.1) is 11.3 Å². The number of halogens is 1. The summed E-state index contributed by atoms with van der Waals surface area (Å²) < 4.78 is 1.04. The van der Waals surface area contributed by atoms with Crippen molar-refractivity contribution in [1.82, 2.24) is 14.8 Å². The molecule has 128 valence electrons. The van der Waals surface area contributed by atoms with E-state index in [1.807, 2.05) is 29.6 Å². The molecular weight excluding hydrogens is 388 g/mol. The monoisotopic (exact) mass is 408 g/mol. The molecule has 5 nitrogen and oxygen atoms in total. The van der Waals surface area contributed by atoms with Crippen molar-refractivity contribution in [2.45, 2.75) is 6.92 Å². The number of nitrogens with one attached hydrogen (secondary N) is 1. The summed E-state index contributed by atoms with van der Waals surface area (Å²) in [7, 11) is 0. The first kappa shape index (κ1) is 17.5. The number of thiazole rings is 1. The largest absolute Gasteiger partial charge is 0.301 e. The summed E-state index contributed by atoms with van der Waals surface area (Å²) in [5.41, 5.74) is 1.94. The molecule has 0 unspecified atom stereocenters. The molecule has 1 amide bonds. The van der Waals surface area contributed by atoms with Crippen molar-refractivity contribution >= 4 is 38.3 Å². The SMILES string of the molecule is CCN1CCN(CC(=O)Nc2nc(-c3ccc(Br)cc3)cs2)CC1. The summed E-state index contributed by atoms with van der Waals surface area (Å²) in [6.45, 7) is 7.66. The zero-order chi connectivity index (χ0) is 16.9. The molecule has 1 N–H and O–H groups in total. The van der Waals surface area contributed by atoms with Crippen LogP contribution < -0.4 is 5.32 Å². The fourth-order valence-corrected chi connectivity index (χ4v) is 3.71. The molecule has 1 saturated heterocycles. The van der Waals surface area contributed by atoms with Gasteiger partial charge < -0.3 is 10.2 Å². The lowest BCUT2D eigenvalue weighted by Crippen LogP contribution is -2.48. The second-order valence-electron chi connectivity index (χ2n) is 5.80. The predicted molar refractivity (Wildman–Crippen MR) is 102 cm³/mol. The average molecular weight is 409 g/mol. The lowest BCUT2D eigenvalue weighted by atomic mass is 10.2. The number of likely N-dealkylation sites (N-methyl/N-ethyl adjacent to an activating group) is 1. The number of hydrogen-bond donors (Lipinski definition) is 1. The predicted octanol–water partition coefficient (Wildman–Crippen LogP) is 3.15. The Hall–Kier alpha value is -1.28. The van der Waals surface area contributed by atoms with Gasteiger partial charge in [0.2, 0.25) is 5.91 Å². The normalized spacial score (nSPS) is 16.2. The van der Waals surface area contributed by atoms with Crippen molar-refractivity contribution in [1.29, 1.82) is 0 Å². The Bertz CT molecular complexity index is 680. The molecule has 0 spiro atoms. The van der Waals surface area contributed by atoms with Crippen molar-refractivity contribution in [3.05, 3.63) is 34.1 Å². The smallest absolute Gasteiger partial charge is 0.240 e. The van der Waals surface area contributed by atoms with Crippen LogP contribution in [0.1, 0.15) is 6.92 Å².